The second kappa shape index (κ2) is 9.12. The molecule has 2 aromatic carbocycles. The van der Waals surface area contributed by atoms with Gasteiger partial charge in [-0.25, -0.2) is 4.98 Å². The monoisotopic (exact) mass is 445 g/mol. The number of nitrogens with zero attached hydrogens (tertiary/aromatic N) is 2. The molecule has 27 heavy (non-hydrogen) atoms. The average Bonchev–Trinajstić information content (AvgIpc) is 3.10. The third kappa shape index (κ3) is 5.38. The van der Waals surface area contributed by atoms with E-state index in [1.807, 2.05) is 55.9 Å². The molecule has 0 aliphatic rings. The third-order valence-electron chi connectivity index (χ3n) is 3.77. The number of para-hydroxylation sites is 1. The maximum Gasteiger partial charge on any atom is 0.257 e. The maximum atomic E-state index is 12.4. The predicted molar refractivity (Wildman–Crippen MR) is 114 cm³/mol. The van der Waals surface area contributed by atoms with Crippen molar-refractivity contribution in [3.8, 4) is 17.0 Å². The van der Waals surface area contributed by atoms with Crippen molar-refractivity contribution in [2.45, 2.75) is 0 Å². The van der Waals surface area contributed by atoms with Crippen molar-refractivity contribution in [3.05, 3.63) is 63.9 Å². The fraction of sp³-hybridized carbons (Fsp3) is 0.200. The predicted octanol–water partition coefficient (Wildman–Crippen LogP) is 4.77. The Kier molecular flexibility index (Phi) is 6.60. The van der Waals surface area contributed by atoms with Gasteiger partial charge in [-0.15, -0.1) is 11.3 Å². The third-order valence-corrected chi connectivity index (χ3v) is 5.02. The van der Waals surface area contributed by atoms with Gasteiger partial charge >= 0.3 is 0 Å². The molecule has 0 atom stereocenters. The van der Waals surface area contributed by atoms with Crippen LogP contribution >= 0.6 is 27.3 Å². The van der Waals surface area contributed by atoms with E-state index in [1.165, 1.54) is 11.3 Å². The number of halogens is 1. The fourth-order valence-corrected chi connectivity index (χ4v) is 3.50. The molecule has 1 N–H and O–H groups in total. The standard InChI is InChI=1S/C20H20BrN3O2S/c1-24(2)10-11-26-18-9-4-3-8-16(18)17-13-27-20(22-17)23-19(25)14-6-5-7-15(21)12-14/h3-9,12-13H,10-11H2,1-2H3,(H,22,23,25). The van der Waals surface area contributed by atoms with Crippen LogP contribution in [0.5, 0.6) is 5.75 Å². The van der Waals surface area contributed by atoms with Crippen molar-refractivity contribution in [2.75, 3.05) is 32.6 Å². The topological polar surface area (TPSA) is 54.5 Å². The van der Waals surface area contributed by atoms with Gasteiger partial charge in [-0.05, 0) is 44.4 Å². The van der Waals surface area contributed by atoms with Crippen LogP contribution in [0.2, 0.25) is 0 Å². The van der Waals surface area contributed by atoms with Gasteiger partial charge < -0.3 is 9.64 Å². The first-order valence-electron chi connectivity index (χ1n) is 8.42. The number of amides is 1. The Morgan fingerprint density at radius 1 is 1.22 bits per heavy atom. The number of thiazole rings is 1. The van der Waals surface area contributed by atoms with Crippen molar-refractivity contribution in [1.82, 2.24) is 9.88 Å². The SMILES string of the molecule is CN(C)CCOc1ccccc1-c1csc(NC(=O)c2cccc(Br)c2)n1. The number of aromatic nitrogens is 1. The van der Waals surface area contributed by atoms with Gasteiger partial charge in [0.2, 0.25) is 0 Å². The summed E-state index contributed by atoms with van der Waals surface area (Å²) in [5.41, 5.74) is 2.27. The number of carbonyl (C=O) groups excluding carboxylic acids is 1. The van der Waals surface area contributed by atoms with Crippen LogP contribution in [-0.4, -0.2) is 43.0 Å². The Balaban J connectivity index is 1.73. The van der Waals surface area contributed by atoms with Gasteiger partial charge in [0.1, 0.15) is 12.4 Å². The number of hydrogen-bond acceptors (Lipinski definition) is 5. The number of ether oxygens (including phenoxy) is 1. The largest absolute Gasteiger partial charge is 0.492 e. The second-order valence-corrected chi connectivity index (χ2v) is 7.92. The Morgan fingerprint density at radius 3 is 2.81 bits per heavy atom. The summed E-state index contributed by atoms with van der Waals surface area (Å²) in [5.74, 6) is 0.599. The van der Waals surface area contributed by atoms with Crippen LogP contribution in [0, 0.1) is 0 Å². The minimum atomic E-state index is -0.187. The minimum Gasteiger partial charge on any atom is -0.492 e. The molecule has 0 aliphatic carbocycles. The van der Waals surface area contributed by atoms with Gasteiger partial charge in [0.05, 0.1) is 5.69 Å². The molecule has 1 amide bonds. The summed E-state index contributed by atoms with van der Waals surface area (Å²) in [5, 5.41) is 5.33. The highest BCUT2D eigenvalue weighted by molar-refractivity contribution is 9.10. The number of rotatable bonds is 7. The van der Waals surface area contributed by atoms with E-state index in [9.17, 15) is 4.79 Å². The molecule has 0 bridgehead atoms. The molecule has 5 nitrogen and oxygen atoms in total. The number of hydrogen-bond donors (Lipinski definition) is 1. The zero-order chi connectivity index (χ0) is 19.2. The molecule has 0 spiro atoms. The highest BCUT2D eigenvalue weighted by Crippen LogP contribution is 2.32. The molecule has 0 fully saturated rings. The van der Waals surface area contributed by atoms with Crippen LogP contribution in [0.3, 0.4) is 0 Å². The first-order chi connectivity index (χ1) is 13.0. The minimum absolute atomic E-state index is 0.187. The Hall–Kier alpha value is -2.22. The highest BCUT2D eigenvalue weighted by Gasteiger charge is 2.13. The van der Waals surface area contributed by atoms with E-state index in [0.29, 0.717) is 17.3 Å². The summed E-state index contributed by atoms with van der Waals surface area (Å²) in [7, 11) is 4.02. The molecule has 1 heterocycles. The van der Waals surface area contributed by atoms with Gasteiger partial charge in [-0.3, -0.25) is 10.1 Å². The highest BCUT2D eigenvalue weighted by atomic mass is 79.9. The molecule has 0 radical (unpaired) electrons. The van der Waals surface area contributed by atoms with Gasteiger partial charge in [0, 0.05) is 27.5 Å². The summed E-state index contributed by atoms with van der Waals surface area (Å²) in [6, 6.07) is 15.0. The number of benzene rings is 2. The number of anilines is 1. The molecule has 0 unspecified atom stereocenters. The van der Waals surface area contributed by atoms with E-state index in [4.69, 9.17) is 4.74 Å². The first kappa shape index (κ1) is 19.5. The van der Waals surface area contributed by atoms with Crippen LogP contribution in [0.4, 0.5) is 5.13 Å². The molecule has 3 rings (SSSR count). The van der Waals surface area contributed by atoms with E-state index in [0.717, 1.165) is 28.0 Å². The first-order valence-corrected chi connectivity index (χ1v) is 10.1. The molecule has 0 aliphatic heterocycles. The van der Waals surface area contributed by atoms with Crippen molar-refractivity contribution in [2.24, 2.45) is 0 Å². The van der Waals surface area contributed by atoms with Crippen molar-refractivity contribution >= 4 is 38.3 Å². The average molecular weight is 446 g/mol. The molecule has 140 valence electrons. The lowest BCUT2D eigenvalue weighted by Gasteiger charge is -2.13. The van der Waals surface area contributed by atoms with Crippen LogP contribution in [-0.2, 0) is 0 Å². The van der Waals surface area contributed by atoms with Gasteiger partial charge in [0.15, 0.2) is 5.13 Å². The van der Waals surface area contributed by atoms with E-state index in [2.05, 4.69) is 31.1 Å². The lowest BCUT2D eigenvalue weighted by Crippen LogP contribution is -2.19. The molecule has 7 heteroatoms. The molecule has 0 saturated carbocycles. The van der Waals surface area contributed by atoms with Gasteiger partial charge in [0.25, 0.3) is 5.91 Å². The maximum absolute atomic E-state index is 12.4. The van der Waals surface area contributed by atoms with E-state index in [-0.39, 0.29) is 5.91 Å². The van der Waals surface area contributed by atoms with E-state index < -0.39 is 0 Å². The summed E-state index contributed by atoms with van der Waals surface area (Å²) < 4.78 is 6.77. The smallest absolute Gasteiger partial charge is 0.257 e. The van der Waals surface area contributed by atoms with E-state index >= 15 is 0 Å². The summed E-state index contributed by atoms with van der Waals surface area (Å²) in [6.07, 6.45) is 0. The van der Waals surface area contributed by atoms with Gasteiger partial charge in [-0.2, -0.15) is 0 Å². The summed E-state index contributed by atoms with van der Waals surface area (Å²) in [6.45, 7) is 1.43. The molecule has 1 aromatic heterocycles. The number of nitrogens with one attached hydrogen (secondary N) is 1. The Labute approximate surface area is 171 Å². The zero-order valence-electron chi connectivity index (χ0n) is 15.1. The fourth-order valence-electron chi connectivity index (χ4n) is 2.40. The molecule has 3 aromatic rings. The molecular weight excluding hydrogens is 426 g/mol. The lowest BCUT2D eigenvalue weighted by molar-refractivity contribution is 0.102. The Bertz CT molecular complexity index is 927. The zero-order valence-corrected chi connectivity index (χ0v) is 17.5. The Morgan fingerprint density at radius 2 is 2.04 bits per heavy atom. The quantitative estimate of drug-likeness (QED) is 0.569. The number of carbonyl (C=O) groups is 1. The van der Waals surface area contributed by atoms with Crippen LogP contribution in [0.25, 0.3) is 11.3 Å². The van der Waals surface area contributed by atoms with E-state index in [1.54, 1.807) is 12.1 Å². The normalized spacial score (nSPS) is 10.8. The molecule has 0 saturated heterocycles. The molecular formula is C20H20BrN3O2S. The van der Waals surface area contributed by atoms with Crippen molar-refractivity contribution in [1.29, 1.82) is 0 Å². The number of likely N-dealkylation sites (N-methyl/N-ethyl adjacent to an activating group) is 1. The van der Waals surface area contributed by atoms with Crippen LogP contribution in [0.1, 0.15) is 10.4 Å². The van der Waals surface area contributed by atoms with Crippen LogP contribution in [0.15, 0.2) is 58.4 Å². The lowest BCUT2D eigenvalue weighted by atomic mass is 10.1. The van der Waals surface area contributed by atoms with Crippen molar-refractivity contribution in [3.63, 3.8) is 0 Å². The van der Waals surface area contributed by atoms with Gasteiger partial charge in [-0.1, -0.05) is 34.1 Å². The summed E-state index contributed by atoms with van der Waals surface area (Å²) >= 11 is 4.77. The second-order valence-electron chi connectivity index (χ2n) is 6.15. The summed E-state index contributed by atoms with van der Waals surface area (Å²) in [4.78, 5) is 19.0. The van der Waals surface area contributed by atoms with Crippen LogP contribution < -0.4 is 10.1 Å². The van der Waals surface area contributed by atoms with Crippen molar-refractivity contribution < 1.29 is 9.53 Å².